The highest BCUT2D eigenvalue weighted by atomic mass is 79.9. The van der Waals surface area contributed by atoms with Crippen LogP contribution in [0, 0.1) is 5.82 Å². The summed E-state index contributed by atoms with van der Waals surface area (Å²) in [5, 5.41) is 1.54. The molecule has 0 saturated heterocycles. The van der Waals surface area contributed by atoms with Gasteiger partial charge in [0.1, 0.15) is 5.82 Å². The molecule has 5 rings (SSSR count). The molecule has 2 heterocycles. The third-order valence-corrected chi connectivity index (χ3v) is 6.80. The third-order valence-electron chi connectivity index (χ3n) is 5.95. The standard InChI is InChI=1S/C21H15BrClFN2O/c1-26-18-10-25-17-7-16(24)15(22)6-14(17)19(18)21(20(26)27)8-12(9-21)11-3-2-4-13(23)5-11/h2-7,10,12H,8-9H2,1H3. The number of pyridine rings is 1. The molecule has 1 saturated carbocycles. The van der Waals surface area contributed by atoms with Crippen LogP contribution in [0.5, 0.6) is 0 Å². The number of rotatable bonds is 1. The van der Waals surface area contributed by atoms with Crippen molar-refractivity contribution in [2.24, 2.45) is 0 Å². The van der Waals surface area contributed by atoms with E-state index in [9.17, 15) is 9.18 Å². The molecule has 136 valence electrons. The Balaban J connectivity index is 1.65. The quantitative estimate of drug-likeness (QED) is 0.490. The van der Waals surface area contributed by atoms with E-state index in [2.05, 4.69) is 27.0 Å². The molecule has 0 radical (unpaired) electrons. The monoisotopic (exact) mass is 444 g/mol. The Bertz CT molecular complexity index is 1130. The predicted molar refractivity (Wildman–Crippen MR) is 108 cm³/mol. The van der Waals surface area contributed by atoms with Gasteiger partial charge in [0.25, 0.3) is 0 Å². The van der Waals surface area contributed by atoms with Crippen molar-refractivity contribution < 1.29 is 9.18 Å². The summed E-state index contributed by atoms with van der Waals surface area (Å²) in [5.74, 6) is 0.0109. The van der Waals surface area contributed by atoms with Crippen molar-refractivity contribution in [1.29, 1.82) is 0 Å². The van der Waals surface area contributed by atoms with E-state index in [4.69, 9.17) is 11.6 Å². The van der Waals surface area contributed by atoms with E-state index in [1.54, 1.807) is 24.2 Å². The number of hydrogen-bond acceptors (Lipinski definition) is 2. The second-order valence-electron chi connectivity index (χ2n) is 7.41. The minimum atomic E-state index is -0.574. The van der Waals surface area contributed by atoms with Crippen LogP contribution in [0.15, 0.2) is 47.1 Å². The number of nitrogens with zero attached hydrogens (tertiary/aromatic N) is 2. The van der Waals surface area contributed by atoms with Crippen LogP contribution in [0.2, 0.25) is 5.02 Å². The molecule has 27 heavy (non-hydrogen) atoms. The Morgan fingerprint density at radius 2 is 2.07 bits per heavy atom. The molecule has 1 spiro atoms. The van der Waals surface area contributed by atoms with Gasteiger partial charge >= 0.3 is 0 Å². The Hall–Kier alpha value is -1.98. The first-order valence-electron chi connectivity index (χ1n) is 8.72. The normalized spacial score (nSPS) is 23.8. The maximum atomic E-state index is 14.0. The van der Waals surface area contributed by atoms with Crippen LogP contribution in [0.1, 0.15) is 29.9 Å². The van der Waals surface area contributed by atoms with Crippen LogP contribution in [0.25, 0.3) is 10.9 Å². The first-order chi connectivity index (χ1) is 12.9. The number of anilines is 1. The summed E-state index contributed by atoms with van der Waals surface area (Å²) in [5.41, 5.74) is 2.94. The fourth-order valence-corrected chi connectivity index (χ4v) is 5.17. The van der Waals surface area contributed by atoms with E-state index in [0.29, 0.717) is 15.0 Å². The predicted octanol–water partition coefficient (Wildman–Crippen LogP) is 5.58. The van der Waals surface area contributed by atoms with Crippen molar-refractivity contribution in [2.45, 2.75) is 24.2 Å². The number of halogens is 3. The van der Waals surface area contributed by atoms with Crippen LogP contribution in [0.3, 0.4) is 0 Å². The van der Waals surface area contributed by atoms with E-state index in [0.717, 1.165) is 35.0 Å². The van der Waals surface area contributed by atoms with Gasteiger partial charge in [-0.1, -0.05) is 23.7 Å². The molecule has 1 aliphatic carbocycles. The molecule has 1 fully saturated rings. The molecule has 2 aliphatic rings. The first kappa shape index (κ1) is 17.1. The molecule has 3 aromatic rings. The summed E-state index contributed by atoms with van der Waals surface area (Å²) in [4.78, 5) is 19.3. The Morgan fingerprint density at radius 3 is 2.81 bits per heavy atom. The topological polar surface area (TPSA) is 33.2 Å². The molecule has 1 amide bonds. The number of fused-ring (bicyclic) bond motifs is 4. The van der Waals surface area contributed by atoms with Crippen molar-refractivity contribution in [1.82, 2.24) is 4.98 Å². The molecule has 2 aromatic carbocycles. The number of hydrogen-bond donors (Lipinski definition) is 0. The van der Waals surface area contributed by atoms with Crippen molar-refractivity contribution in [2.75, 3.05) is 11.9 Å². The molecular formula is C21H15BrClFN2O. The average Bonchev–Trinajstić information content (AvgIpc) is 2.83. The minimum absolute atomic E-state index is 0.0884. The highest BCUT2D eigenvalue weighted by molar-refractivity contribution is 9.10. The Kier molecular flexibility index (Phi) is 3.66. The maximum absolute atomic E-state index is 14.0. The number of carbonyl (C=O) groups is 1. The Morgan fingerprint density at radius 1 is 1.30 bits per heavy atom. The van der Waals surface area contributed by atoms with Crippen LogP contribution in [-0.4, -0.2) is 17.9 Å². The molecular weight excluding hydrogens is 431 g/mol. The van der Waals surface area contributed by atoms with Crippen LogP contribution in [-0.2, 0) is 10.2 Å². The highest BCUT2D eigenvalue weighted by Gasteiger charge is 2.58. The molecule has 6 heteroatoms. The molecule has 3 nitrogen and oxygen atoms in total. The second-order valence-corrected chi connectivity index (χ2v) is 8.70. The van der Waals surface area contributed by atoms with E-state index in [1.165, 1.54) is 6.07 Å². The molecule has 0 atom stereocenters. The van der Waals surface area contributed by atoms with Crippen molar-refractivity contribution >= 4 is 50.0 Å². The molecule has 1 aromatic heterocycles. The lowest BCUT2D eigenvalue weighted by Crippen LogP contribution is -2.47. The summed E-state index contributed by atoms with van der Waals surface area (Å²) in [6.07, 6.45) is 3.12. The number of benzene rings is 2. The summed E-state index contributed by atoms with van der Waals surface area (Å²) < 4.78 is 14.4. The van der Waals surface area contributed by atoms with Gasteiger partial charge in [-0.05, 0) is 58.5 Å². The fourth-order valence-electron chi connectivity index (χ4n) is 4.63. The first-order valence-corrected chi connectivity index (χ1v) is 9.90. The molecule has 0 unspecified atom stereocenters. The van der Waals surface area contributed by atoms with Crippen molar-refractivity contribution in [3.8, 4) is 0 Å². The number of carbonyl (C=O) groups excluding carboxylic acids is 1. The van der Waals surface area contributed by atoms with Crippen molar-refractivity contribution in [3.05, 3.63) is 69.0 Å². The van der Waals surface area contributed by atoms with E-state index in [-0.39, 0.29) is 17.6 Å². The zero-order valence-corrected chi connectivity index (χ0v) is 16.8. The zero-order valence-electron chi connectivity index (χ0n) is 14.5. The lowest BCUT2D eigenvalue weighted by Gasteiger charge is -2.44. The SMILES string of the molecule is CN1C(=O)C2(CC(c3cccc(Cl)c3)C2)c2c1cnc1cc(F)c(Br)cc21. The van der Waals surface area contributed by atoms with E-state index >= 15 is 0 Å². The summed E-state index contributed by atoms with van der Waals surface area (Å²) in [6.45, 7) is 0. The molecule has 0 N–H and O–H groups in total. The van der Waals surface area contributed by atoms with Gasteiger partial charge in [0.2, 0.25) is 5.91 Å². The van der Waals surface area contributed by atoms with Crippen LogP contribution < -0.4 is 4.90 Å². The van der Waals surface area contributed by atoms with E-state index < -0.39 is 5.41 Å². The van der Waals surface area contributed by atoms with Gasteiger partial charge in [-0.3, -0.25) is 9.78 Å². The largest absolute Gasteiger partial charge is 0.313 e. The van der Waals surface area contributed by atoms with Crippen LogP contribution in [0.4, 0.5) is 10.1 Å². The third kappa shape index (κ3) is 2.31. The van der Waals surface area contributed by atoms with Gasteiger partial charge in [0, 0.05) is 29.1 Å². The maximum Gasteiger partial charge on any atom is 0.237 e. The molecule has 1 aliphatic heterocycles. The summed E-state index contributed by atoms with van der Waals surface area (Å²) >= 11 is 9.41. The number of amides is 1. The number of aromatic nitrogens is 1. The van der Waals surface area contributed by atoms with Gasteiger partial charge in [0.05, 0.1) is 27.3 Å². The number of likely N-dealkylation sites (N-methyl/N-ethyl adjacent to an activating group) is 1. The lowest BCUT2D eigenvalue weighted by atomic mass is 9.57. The smallest absolute Gasteiger partial charge is 0.237 e. The average molecular weight is 446 g/mol. The van der Waals surface area contributed by atoms with Gasteiger partial charge in [-0.15, -0.1) is 0 Å². The van der Waals surface area contributed by atoms with E-state index in [1.807, 2.05) is 18.2 Å². The van der Waals surface area contributed by atoms with Crippen LogP contribution >= 0.6 is 27.5 Å². The van der Waals surface area contributed by atoms with Gasteiger partial charge in [-0.25, -0.2) is 4.39 Å². The minimum Gasteiger partial charge on any atom is -0.313 e. The van der Waals surface area contributed by atoms with Gasteiger partial charge in [0.15, 0.2) is 0 Å². The fraction of sp³-hybridized carbons (Fsp3) is 0.238. The van der Waals surface area contributed by atoms with Gasteiger partial charge < -0.3 is 4.90 Å². The van der Waals surface area contributed by atoms with Crippen molar-refractivity contribution in [3.63, 3.8) is 0 Å². The Labute approximate surface area is 169 Å². The second kappa shape index (κ2) is 5.76. The highest BCUT2D eigenvalue weighted by Crippen LogP contribution is 2.60. The summed E-state index contributed by atoms with van der Waals surface area (Å²) in [7, 11) is 1.79. The zero-order chi connectivity index (χ0) is 18.9. The van der Waals surface area contributed by atoms with Gasteiger partial charge in [-0.2, -0.15) is 0 Å². The summed E-state index contributed by atoms with van der Waals surface area (Å²) in [6, 6.07) is 11.0. The molecule has 0 bridgehead atoms. The lowest BCUT2D eigenvalue weighted by molar-refractivity contribution is -0.126.